The van der Waals surface area contributed by atoms with Crippen LogP contribution >= 0.6 is 0 Å². The number of nitrogens with zero attached hydrogens (tertiary/aromatic N) is 1. The zero-order valence-corrected chi connectivity index (χ0v) is 11.8. The number of hydrogen-bond acceptors (Lipinski definition) is 3. The summed E-state index contributed by atoms with van der Waals surface area (Å²) in [6, 6.07) is 4.69. The highest BCUT2D eigenvalue weighted by atomic mass is 19.1. The lowest BCUT2D eigenvalue weighted by atomic mass is 10.1. The topological polar surface area (TPSA) is 38.5 Å². The first-order chi connectivity index (χ1) is 8.24. The van der Waals surface area contributed by atoms with E-state index in [1.165, 1.54) is 6.07 Å². The van der Waals surface area contributed by atoms with Crippen LogP contribution in [0.2, 0.25) is 0 Å². The number of likely N-dealkylation sites (N-methyl/N-ethyl adjacent to an activating group) is 1. The van der Waals surface area contributed by atoms with Crippen LogP contribution in [0.1, 0.15) is 32.4 Å². The van der Waals surface area contributed by atoms with Crippen LogP contribution in [0.3, 0.4) is 0 Å². The van der Waals surface area contributed by atoms with Crippen LogP contribution < -0.4 is 10.5 Å². The smallest absolute Gasteiger partial charge is 0.165 e. The molecule has 0 fully saturated rings. The molecule has 0 aromatic heterocycles. The van der Waals surface area contributed by atoms with Gasteiger partial charge in [0, 0.05) is 11.6 Å². The fraction of sp³-hybridized carbons (Fsp3) is 0.571. The molecule has 0 aliphatic rings. The molecule has 0 aliphatic heterocycles. The van der Waals surface area contributed by atoms with Crippen molar-refractivity contribution in [2.45, 2.75) is 32.4 Å². The van der Waals surface area contributed by atoms with E-state index in [0.29, 0.717) is 6.61 Å². The van der Waals surface area contributed by atoms with Crippen molar-refractivity contribution in [1.82, 2.24) is 4.90 Å². The molecule has 102 valence electrons. The van der Waals surface area contributed by atoms with E-state index >= 15 is 0 Å². The lowest BCUT2D eigenvalue weighted by Gasteiger charge is -2.32. The molecule has 0 saturated heterocycles. The molecule has 0 heterocycles. The second-order valence-electron chi connectivity index (χ2n) is 5.47. The van der Waals surface area contributed by atoms with Gasteiger partial charge >= 0.3 is 0 Å². The Hall–Kier alpha value is -1.13. The third-order valence-electron chi connectivity index (χ3n) is 3.27. The van der Waals surface area contributed by atoms with Gasteiger partial charge in [-0.05, 0) is 52.6 Å². The predicted molar refractivity (Wildman–Crippen MR) is 72.3 cm³/mol. The summed E-state index contributed by atoms with van der Waals surface area (Å²) in [5, 5.41) is 0. The number of rotatable bonds is 5. The van der Waals surface area contributed by atoms with Crippen molar-refractivity contribution >= 4 is 0 Å². The highest BCUT2D eigenvalue weighted by Gasteiger charge is 2.22. The maximum atomic E-state index is 13.8. The zero-order chi connectivity index (χ0) is 13.9. The predicted octanol–water partition coefficient (Wildman–Crippen LogP) is 2.56. The Bertz CT molecular complexity index is 403. The molecule has 0 saturated carbocycles. The minimum atomic E-state index is -0.362. The highest BCUT2D eigenvalue weighted by Crippen LogP contribution is 2.22. The molecule has 2 N–H and O–H groups in total. The van der Waals surface area contributed by atoms with Crippen molar-refractivity contribution in [2.24, 2.45) is 5.73 Å². The molecule has 0 unspecified atom stereocenters. The molecule has 1 aromatic carbocycles. The third kappa shape index (κ3) is 3.68. The van der Waals surface area contributed by atoms with Gasteiger partial charge in [0.15, 0.2) is 11.6 Å². The van der Waals surface area contributed by atoms with E-state index in [2.05, 4.69) is 0 Å². The van der Waals surface area contributed by atoms with E-state index in [9.17, 15) is 4.39 Å². The fourth-order valence-corrected chi connectivity index (χ4v) is 1.30. The summed E-state index contributed by atoms with van der Waals surface area (Å²) in [6.07, 6.45) is 0. The summed E-state index contributed by atoms with van der Waals surface area (Å²) < 4.78 is 19.3. The van der Waals surface area contributed by atoms with E-state index in [1.807, 2.05) is 39.8 Å². The monoisotopic (exact) mass is 254 g/mol. The Morgan fingerprint density at radius 1 is 1.39 bits per heavy atom. The van der Waals surface area contributed by atoms with Crippen LogP contribution in [0.15, 0.2) is 18.2 Å². The molecule has 4 heteroatoms. The lowest BCUT2D eigenvalue weighted by Crippen LogP contribution is -2.43. The minimum Gasteiger partial charge on any atom is -0.489 e. The second kappa shape index (κ2) is 5.67. The standard InChI is InChI=1S/C14H23FN2O/c1-10(16)11-6-7-13(12(15)8-11)18-9-14(2,3)17(4)5/h6-8,10H,9,16H2,1-5H3/t10-/m1/s1. The van der Waals surface area contributed by atoms with Gasteiger partial charge in [-0.1, -0.05) is 6.07 Å². The largest absolute Gasteiger partial charge is 0.489 e. The molecule has 1 aromatic rings. The molecule has 3 nitrogen and oxygen atoms in total. The molecular weight excluding hydrogens is 231 g/mol. The van der Waals surface area contributed by atoms with Gasteiger partial charge in [-0.25, -0.2) is 4.39 Å². The third-order valence-corrected chi connectivity index (χ3v) is 3.27. The van der Waals surface area contributed by atoms with E-state index in [0.717, 1.165) is 5.56 Å². The number of halogens is 1. The summed E-state index contributed by atoms with van der Waals surface area (Å²) in [6.45, 7) is 6.33. The molecule has 0 radical (unpaired) electrons. The van der Waals surface area contributed by atoms with Crippen molar-refractivity contribution in [3.05, 3.63) is 29.6 Å². The van der Waals surface area contributed by atoms with Gasteiger partial charge < -0.3 is 15.4 Å². The molecule has 0 aliphatic carbocycles. The van der Waals surface area contributed by atoms with Crippen molar-refractivity contribution in [1.29, 1.82) is 0 Å². The summed E-state index contributed by atoms with van der Waals surface area (Å²) in [5.74, 6) is -0.0892. The first-order valence-electron chi connectivity index (χ1n) is 6.09. The quantitative estimate of drug-likeness (QED) is 0.877. The molecule has 0 bridgehead atoms. The van der Waals surface area contributed by atoms with Gasteiger partial charge in [-0.15, -0.1) is 0 Å². The van der Waals surface area contributed by atoms with Gasteiger partial charge in [0.25, 0.3) is 0 Å². The van der Waals surface area contributed by atoms with Crippen molar-refractivity contribution < 1.29 is 9.13 Å². The van der Waals surface area contributed by atoms with E-state index in [-0.39, 0.29) is 23.1 Å². The van der Waals surface area contributed by atoms with Gasteiger partial charge in [0.2, 0.25) is 0 Å². The summed E-state index contributed by atoms with van der Waals surface area (Å²) in [7, 11) is 3.94. The van der Waals surface area contributed by atoms with Gasteiger partial charge in [0.1, 0.15) is 6.61 Å². The Morgan fingerprint density at radius 3 is 2.44 bits per heavy atom. The Balaban J connectivity index is 2.75. The van der Waals surface area contributed by atoms with E-state index < -0.39 is 0 Å². The Morgan fingerprint density at radius 2 is 2.00 bits per heavy atom. The fourth-order valence-electron chi connectivity index (χ4n) is 1.30. The highest BCUT2D eigenvalue weighted by molar-refractivity contribution is 5.30. The molecular formula is C14H23FN2O. The zero-order valence-electron chi connectivity index (χ0n) is 11.8. The molecule has 1 atom stereocenters. The van der Waals surface area contributed by atoms with Crippen LogP contribution in [0.4, 0.5) is 4.39 Å². The van der Waals surface area contributed by atoms with Crippen LogP contribution in [0.5, 0.6) is 5.75 Å². The number of ether oxygens (including phenoxy) is 1. The van der Waals surface area contributed by atoms with Crippen molar-refractivity contribution in [3.63, 3.8) is 0 Å². The van der Waals surface area contributed by atoms with E-state index in [1.54, 1.807) is 12.1 Å². The first kappa shape index (κ1) is 14.9. The molecule has 0 amide bonds. The van der Waals surface area contributed by atoms with Gasteiger partial charge in [-0.3, -0.25) is 0 Å². The Labute approximate surface area is 109 Å². The minimum absolute atomic E-state index is 0.147. The first-order valence-corrected chi connectivity index (χ1v) is 6.09. The molecule has 1 rings (SSSR count). The average Bonchev–Trinajstić information content (AvgIpc) is 2.26. The van der Waals surface area contributed by atoms with Gasteiger partial charge in [0.05, 0.1) is 0 Å². The van der Waals surface area contributed by atoms with Crippen molar-refractivity contribution in [2.75, 3.05) is 20.7 Å². The summed E-state index contributed by atoms with van der Waals surface area (Å²) in [4.78, 5) is 2.04. The van der Waals surface area contributed by atoms with Gasteiger partial charge in [-0.2, -0.15) is 0 Å². The van der Waals surface area contributed by atoms with E-state index in [4.69, 9.17) is 10.5 Å². The number of nitrogens with two attached hydrogens (primary N) is 1. The van der Waals surface area contributed by atoms with Crippen LogP contribution in [0.25, 0.3) is 0 Å². The van der Waals surface area contributed by atoms with Crippen LogP contribution in [-0.2, 0) is 0 Å². The van der Waals surface area contributed by atoms with Crippen LogP contribution in [-0.4, -0.2) is 31.1 Å². The molecule has 18 heavy (non-hydrogen) atoms. The lowest BCUT2D eigenvalue weighted by molar-refractivity contribution is 0.111. The Kier molecular flexibility index (Phi) is 4.71. The SMILES string of the molecule is C[C@@H](N)c1ccc(OCC(C)(C)N(C)C)c(F)c1. The number of benzene rings is 1. The average molecular weight is 254 g/mol. The maximum absolute atomic E-state index is 13.8. The second-order valence-corrected chi connectivity index (χ2v) is 5.47. The molecule has 0 spiro atoms. The van der Waals surface area contributed by atoms with Crippen LogP contribution in [0, 0.1) is 5.82 Å². The normalized spacial score (nSPS) is 13.8. The summed E-state index contributed by atoms with van der Waals surface area (Å²) in [5.41, 5.74) is 6.33. The maximum Gasteiger partial charge on any atom is 0.165 e. The summed E-state index contributed by atoms with van der Waals surface area (Å²) >= 11 is 0. The van der Waals surface area contributed by atoms with Crippen molar-refractivity contribution in [3.8, 4) is 5.75 Å². The number of hydrogen-bond donors (Lipinski definition) is 1.